The predicted octanol–water partition coefficient (Wildman–Crippen LogP) is -0.640. The van der Waals surface area contributed by atoms with E-state index >= 15 is 0 Å². The number of carboxylic acid groups (broad SMARTS) is 2. The monoisotopic (exact) mass is 896 g/mol. The lowest BCUT2D eigenvalue weighted by Crippen LogP contribution is -2.61. The van der Waals surface area contributed by atoms with E-state index in [0.29, 0.717) is 11.1 Å². The number of rotatable bonds is 22. The Morgan fingerprint density at radius 2 is 1.10 bits per heavy atom. The van der Waals surface area contributed by atoms with Gasteiger partial charge in [-0.25, -0.2) is 4.79 Å². The average Bonchev–Trinajstić information content (AvgIpc) is 3.19. The molecular formula is C40H55F3N8O12. The van der Waals surface area contributed by atoms with Gasteiger partial charge in [-0.1, -0.05) is 70.2 Å². The molecule has 0 heterocycles. The molecule has 0 aliphatic rings. The fourth-order valence-electron chi connectivity index (χ4n) is 5.38. The van der Waals surface area contributed by atoms with Gasteiger partial charge in [-0.2, -0.15) is 13.2 Å². The van der Waals surface area contributed by atoms with E-state index in [1.54, 1.807) is 70.2 Å². The van der Waals surface area contributed by atoms with Gasteiger partial charge in [-0.3, -0.25) is 38.4 Å². The van der Waals surface area contributed by atoms with Crippen molar-refractivity contribution in [1.29, 1.82) is 0 Å². The Morgan fingerprint density at radius 3 is 1.59 bits per heavy atom. The van der Waals surface area contributed by atoms with Gasteiger partial charge in [0.15, 0.2) is 0 Å². The number of halogens is 3. The second-order valence-corrected chi connectivity index (χ2v) is 14.9. The summed E-state index contributed by atoms with van der Waals surface area (Å²) in [5, 5.41) is 41.2. The molecular weight excluding hydrogens is 841 g/mol. The Labute approximate surface area is 360 Å². The Bertz CT molecular complexity index is 1900. The zero-order valence-electron chi connectivity index (χ0n) is 35.2. The molecule has 0 aromatic heterocycles. The van der Waals surface area contributed by atoms with Crippen LogP contribution in [0.5, 0.6) is 5.75 Å². The molecule has 20 nitrogen and oxygen atoms in total. The molecule has 0 aliphatic carbocycles. The maximum Gasteiger partial charge on any atom is 0.490 e. The number of carboxylic acids is 2. The van der Waals surface area contributed by atoms with Gasteiger partial charge in [0.1, 0.15) is 36.0 Å². The second-order valence-electron chi connectivity index (χ2n) is 14.9. The maximum absolute atomic E-state index is 13.8. The third-order valence-electron chi connectivity index (χ3n) is 8.85. The summed E-state index contributed by atoms with van der Waals surface area (Å²) in [5.74, 6) is -10.3. The van der Waals surface area contributed by atoms with E-state index in [1.807, 2.05) is 0 Å². The number of amides is 7. The Kier molecular flexibility index (Phi) is 22.3. The zero-order chi connectivity index (χ0) is 48.2. The highest BCUT2D eigenvalue weighted by Gasteiger charge is 2.38. The molecule has 2 rings (SSSR count). The standard InChI is InChI=1S/C38H54N8O10.C2HF3O2/c1-20(2)31(37(55)41-19-29(40)48)46-38(56)32(21(3)4)45-35(53)27(15-16-30(49)50)43-36(54)28(18-23-9-7-6-8-10-23)44-33(51)22(5)42-34(52)26(39)17-24-11-13-25(47)14-12-24;3-2(4,5)1(6)7/h6-14,20-22,26-28,31-32,47H,15-19,39H2,1-5H3,(H2,40,48)(H,41,55)(H,42,52)(H,43,54)(H,44,51)(H,45,53)(H,46,56)(H,49,50);(H,6,7). The lowest BCUT2D eigenvalue weighted by atomic mass is 9.99. The number of carbonyl (C=O) groups excluding carboxylic acids is 7. The Balaban J connectivity index is 0.00000260. The molecule has 0 spiro atoms. The van der Waals surface area contributed by atoms with Crippen LogP contribution in [0.15, 0.2) is 54.6 Å². The minimum atomic E-state index is -5.08. The van der Waals surface area contributed by atoms with Crippen LogP contribution in [-0.2, 0) is 56.0 Å². The van der Waals surface area contributed by atoms with Crippen LogP contribution >= 0.6 is 0 Å². The number of alkyl halides is 3. The molecule has 0 saturated heterocycles. The van der Waals surface area contributed by atoms with Crippen LogP contribution in [0.2, 0.25) is 0 Å². The van der Waals surface area contributed by atoms with E-state index in [4.69, 9.17) is 21.4 Å². The van der Waals surface area contributed by atoms with E-state index in [0.717, 1.165) is 0 Å². The van der Waals surface area contributed by atoms with Crippen LogP contribution in [0.25, 0.3) is 0 Å². The summed E-state index contributed by atoms with van der Waals surface area (Å²) in [6, 6.07) is 7.34. The minimum Gasteiger partial charge on any atom is -0.508 e. The summed E-state index contributed by atoms with van der Waals surface area (Å²) in [7, 11) is 0. The van der Waals surface area contributed by atoms with Crippen molar-refractivity contribution in [2.24, 2.45) is 23.3 Å². The molecule has 2 aromatic carbocycles. The molecule has 0 saturated carbocycles. The average molecular weight is 897 g/mol. The fourth-order valence-corrected chi connectivity index (χ4v) is 5.38. The van der Waals surface area contributed by atoms with Gasteiger partial charge in [0.05, 0.1) is 12.6 Å². The molecule has 6 atom stereocenters. The molecule has 0 radical (unpaired) electrons. The summed E-state index contributed by atoms with van der Waals surface area (Å²) in [4.78, 5) is 112. The van der Waals surface area contributed by atoms with Crippen molar-refractivity contribution in [3.63, 3.8) is 0 Å². The lowest BCUT2D eigenvalue weighted by Gasteiger charge is -2.29. The van der Waals surface area contributed by atoms with E-state index < -0.39 is 121 Å². The van der Waals surface area contributed by atoms with Gasteiger partial charge in [-0.05, 0) is 54.9 Å². The number of nitrogens with two attached hydrogens (primary N) is 2. The minimum absolute atomic E-state index is 0.0464. The molecule has 2 aromatic rings. The highest BCUT2D eigenvalue weighted by molar-refractivity contribution is 5.97. The number of phenolic OH excluding ortho intramolecular Hbond substituents is 1. The molecule has 348 valence electrons. The van der Waals surface area contributed by atoms with Crippen molar-refractivity contribution >= 4 is 53.3 Å². The van der Waals surface area contributed by atoms with Crippen molar-refractivity contribution in [1.82, 2.24) is 31.9 Å². The van der Waals surface area contributed by atoms with Gasteiger partial charge in [0.2, 0.25) is 41.4 Å². The van der Waals surface area contributed by atoms with Gasteiger partial charge in [0.25, 0.3) is 0 Å². The van der Waals surface area contributed by atoms with E-state index in [-0.39, 0.29) is 25.0 Å². The molecule has 0 fully saturated rings. The quantitative estimate of drug-likeness (QED) is 0.0702. The van der Waals surface area contributed by atoms with E-state index in [1.165, 1.54) is 19.1 Å². The SMILES string of the molecule is CC(NC(=O)C(N)Cc1ccc(O)cc1)C(=O)NC(Cc1ccccc1)C(=O)NC(CCC(=O)O)C(=O)NC(C(=O)NC(C(=O)NCC(N)=O)C(C)C)C(C)C.O=C(O)C(F)(F)F. The number of benzene rings is 2. The highest BCUT2D eigenvalue weighted by Crippen LogP contribution is 2.14. The van der Waals surface area contributed by atoms with Crippen LogP contribution in [0.4, 0.5) is 13.2 Å². The number of carbonyl (C=O) groups is 9. The number of phenols is 1. The maximum atomic E-state index is 13.8. The zero-order valence-corrected chi connectivity index (χ0v) is 35.2. The van der Waals surface area contributed by atoms with Crippen LogP contribution in [-0.4, -0.2) is 118 Å². The van der Waals surface area contributed by atoms with Crippen LogP contribution < -0.4 is 43.4 Å². The van der Waals surface area contributed by atoms with Crippen molar-refractivity contribution < 1.29 is 71.6 Å². The number of hydrogen-bond acceptors (Lipinski definition) is 11. The smallest absolute Gasteiger partial charge is 0.490 e. The summed E-state index contributed by atoms with van der Waals surface area (Å²) in [6.07, 6.45) is -5.96. The van der Waals surface area contributed by atoms with Crippen LogP contribution in [0.1, 0.15) is 58.6 Å². The number of aliphatic carboxylic acids is 2. The largest absolute Gasteiger partial charge is 0.508 e. The second kappa shape index (κ2) is 25.9. The van der Waals surface area contributed by atoms with Crippen molar-refractivity contribution in [2.45, 2.75) is 103 Å². The molecule has 0 aliphatic heterocycles. The highest BCUT2D eigenvalue weighted by atomic mass is 19.4. The molecule has 23 heteroatoms. The molecule has 63 heavy (non-hydrogen) atoms. The number of hydrogen-bond donors (Lipinski definition) is 11. The molecule has 6 unspecified atom stereocenters. The summed E-state index contributed by atoms with van der Waals surface area (Å²) >= 11 is 0. The third-order valence-corrected chi connectivity index (χ3v) is 8.85. The molecule has 0 bridgehead atoms. The lowest BCUT2D eigenvalue weighted by molar-refractivity contribution is -0.192. The van der Waals surface area contributed by atoms with Crippen molar-refractivity contribution in [3.05, 3.63) is 65.7 Å². The summed E-state index contributed by atoms with van der Waals surface area (Å²) in [5.41, 5.74) is 12.5. The molecule has 13 N–H and O–H groups in total. The topological polar surface area (TPSA) is 339 Å². The van der Waals surface area contributed by atoms with E-state index in [2.05, 4.69) is 31.9 Å². The Hall–Kier alpha value is -6.78. The van der Waals surface area contributed by atoms with Crippen molar-refractivity contribution in [3.8, 4) is 5.75 Å². The number of nitrogens with one attached hydrogen (secondary N) is 6. The summed E-state index contributed by atoms with van der Waals surface area (Å²) < 4.78 is 31.7. The van der Waals surface area contributed by atoms with Gasteiger partial charge in [-0.15, -0.1) is 0 Å². The fraction of sp³-hybridized carbons (Fsp3) is 0.475. The molecule has 7 amide bonds. The number of aromatic hydroxyl groups is 1. The first-order valence-corrected chi connectivity index (χ1v) is 19.4. The first-order valence-electron chi connectivity index (χ1n) is 19.4. The third kappa shape index (κ3) is 20.6. The van der Waals surface area contributed by atoms with Crippen LogP contribution in [0.3, 0.4) is 0 Å². The van der Waals surface area contributed by atoms with Crippen LogP contribution in [0, 0.1) is 11.8 Å². The van der Waals surface area contributed by atoms with Gasteiger partial charge < -0.3 is 58.7 Å². The van der Waals surface area contributed by atoms with E-state index in [9.17, 15) is 61.7 Å². The normalized spacial score (nSPS) is 13.9. The predicted molar refractivity (Wildman–Crippen MR) is 218 cm³/mol. The first kappa shape index (κ1) is 54.2. The first-order chi connectivity index (χ1) is 29.2. The van der Waals surface area contributed by atoms with Gasteiger partial charge >= 0.3 is 18.1 Å². The summed E-state index contributed by atoms with van der Waals surface area (Å²) in [6.45, 7) is 7.50. The number of primary amides is 1. The Morgan fingerprint density at radius 1 is 0.619 bits per heavy atom. The van der Waals surface area contributed by atoms with Gasteiger partial charge in [0, 0.05) is 12.8 Å². The van der Waals surface area contributed by atoms with Crippen molar-refractivity contribution in [2.75, 3.05) is 6.54 Å².